The van der Waals surface area contributed by atoms with E-state index >= 15 is 0 Å². The van der Waals surface area contributed by atoms with Gasteiger partial charge in [-0.05, 0) is 36.8 Å². The van der Waals surface area contributed by atoms with E-state index in [1.165, 1.54) is 23.9 Å². The second-order valence-corrected chi connectivity index (χ2v) is 7.53. The molecule has 0 unspecified atom stereocenters. The summed E-state index contributed by atoms with van der Waals surface area (Å²) in [5.74, 6) is 0.555. The van der Waals surface area contributed by atoms with Gasteiger partial charge in [0, 0.05) is 19.2 Å². The molecule has 150 valence electrons. The number of hydrogen-bond acceptors (Lipinski definition) is 4. The molecule has 0 aliphatic rings. The van der Waals surface area contributed by atoms with Gasteiger partial charge in [-0.15, -0.1) is 16.8 Å². The van der Waals surface area contributed by atoms with Crippen molar-refractivity contribution in [3.63, 3.8) is 0 Å². The van der Waals surface area contributed by atoms with Crippen molar-refractivity contribution in [1.82, 2.24) is 19.7 Å². The minimum Gasteiger partial charge on any atom is -0.338 e. The third-order valence-corrected chi connectivity index (χ3v) is 5.66. The number of halogens is 1. The number of aromatic nitrogens is 3. The van der Waals surface area contributed by atoms with Gasteiger partial charge in [0.2, 0.25) is 5.91 Å². The molecule has 3 rings (SSSR count). The highest BCUT2D eigenvalue weighted by atomic mass is 32.2. The number of rotatable bonds is 8. The molecule has 3 aromatic rings. The monoisotopic (exact) mass is 410 g/mol. The Bertz CT molecular complexity index is 972. The number of thioether (sulfide) groups is 1. The quantitative estimate of drug-likeness (QED) is 0.403. The van der Waals surface area contributed by atoms with E-state index in [4.69, 9.17) is 0 Å². The molecule has 0 N–H and O–H groups in total. The first-order valence-corrected chi connectivity index (χ1v) is 10.2. The highest BCUT2D eigenvalue weighted by molar-refractivity contribution is 7.99. The van der Waals surface area contributed by atoms with E-state index in [9.17, 15) is 9.18 Å². The molecule has 0 saturated carbocycles. The van der Waals surface area contributed by atoms with E-state index in [0.717, 1.165) is 11.1 Å². The Morgan fingerprint density at radius 2 is 1.90 bits per heavy atom. The van der Waals surface area contributed by atoms with Crippen LogP contribution in [0.4, 0.5) is 4.39 Å². The Morgan fingerprint density at radius 3 is 2.55 bits per heavy atom. The maximum absolute atomic E-state index is 13.2. The van der Waals surface area contributed by atoms with E-state index in [1.54, 1.807) is 30.2 Å². The normalized spacial score (nSPS) is 11.8. The second kappa shape index (κ2) is 9.52. The fraction of sp³-hybridized carbons (Fsp3) is 0.227. The Kier molecular flexibility index (Phi) is 6.82. The Morgan fingerprint density at radius 1 is 1.21 bits per heavy atom. The fourth-order valence-electron chi connectivity index (χ4n) is 2.90. The van der Waals surface area contributed by atoms with E-state index in [2.05, 4.69) is 16.8 Å². The highest BCUT2D eigenvalue weighted by Crippen LogP contribution is 2.26. The molecule has 5 nitrogen and oxygen atoms in total. The van der Waals surface area contributed by atoms with Crippen LogP contribution in [-0.4, -0.2) is 38.4 Å². The summed E-state index contributed by atoms with van der Waals surface area (Å²) in [6.45, 7) is 6.28. The molecular formula is C22H23FN4OS. The molecule has 0 spiro atoms. The minimum absolute atomic E-state index is 0.00263. The first-order chi connectivity index (χ1) is 14.0. The van der Waals surface area contributed by atoms with Gasteiger partial charge in [0.25, 0.3) is 0 Å². The number of allylic oxidation sites excluding steroid dienone is 1. The van der Waals surface area contributed by atoms with Crippen LogP contribution >= 0.6 is 11.8 Å². The Balaban J connectivity index is 1.72. The van der Waals surface area contributed by atoms with Gasteiger partial charge in [0.1, 0.15) is 5.82 Å². The lowest BCUT2D eigenvalue weighted by Gasteiger charge is -2.25. The molecule has 0 bridgehead atoms. The zero-order valence-corrected chi connectivity index (χ0v) is 17.3. The topological polar surface area (TPSA) is 51.0 Å². The molecule has 0 radical (unpaired) electrons. The van der Waals surface area contributed by atoms with Crippen LogP contribution in [0.5, 0.6) is 0 Å². The van der Waals surface area contributed by atoms with Crippen molar-refractivity contribution in [3.8, 4) is 11.4 Å². The third-order valence-electron chi connectivity index (χ3n) is 4.71. The number of carbonyl (C=O) groups excluding carboxylic acids is 1. The summed E-state index contributed by atoms with van der Waals surface area (Å²) < 4.78 is 15.1. The van der Waals surface area contributed by atoms with Crippen molar-refractivity contribution in [2.75, 3.05) is 12.8 Å². The lowest BCUT2D eigenvalue weighted by atomic mass is 10.1. The lowest BCUT2D eigenvalue weighted by molar-refractivity contribution is -0.128. The van der Waals surface area contributed by atoms with Crippen LogP contribution in [0.25, 0.3) is 11.4 Å². The summed E-state index contributed by atoms with van der Waals surface area (Å²) in [5, 5.41) is 9.09. The largest absolute Gasteiger partial charge is 0.338 e. The minimum atomic E-state index is -0.306. The molecule has 0 saturated heterocycles. The Labute approximate surface area is 174 Å². The summed E-state index contributed by atoms with van der Waals surface area (Å²) in [7, 11) is 1.80. The summed E-state index contributed by atoms with van der Waals surface area (Å²) >= 11 is 1.33. The molecule has 7 heteroatoms. The standard InChI is InChI=1S/C22H23FN4OS/c1-4-14-27-21(18-10-12-19(23)13-11-18)24-25-22(27)29-15-20(28)26(3)16(2)17-8-6-5-7-9-17/h4-13,16H,1,14-15H2,2-3H3/t16-/m0/s1. The lowest BCUT2D eigenvalue weighted by Crippen LogP contribution is -2.31. The van der Waals surface area contributed by atoms with E-state index in [0.29, 0.717) is 17.5 Å². The van der Waals surface area contributed by atoms with Gasteiger partial charge in [-0.1, -0.05) is 48.2 Å². The molecule has 29 heavy (non-hydrogen) atoms. The van der Waals surface area contributed by atoms with Crippen molar-refractivity contribution in [2.45, 2.75) is 24.7 Å². The molecular weight excluding hydrogens is 387 g/mol. The highest BCUT2D eigenvalue weighted by Gasteiger charge is 2.20. The SMILES string of the molecule is C=CCn1c(SCC(=O)N(C)[C@@H](C)c2ccccc2)nnc1-c1ccc(F)cc1. The number of carbonyl (C=O) groups is 1. The first kappa shape index (κ1) is 20.8. The van der Waals surface area contributed by atoms with Crippen molar-refractivity contribution in [1.29, 1.82) is 0 Å². The van der Waals surface area contributed by atoms with E-state index < -0.39 is 0 Å². The van der Waals surface area contributed by atoms with Crippen molar-refractivity contribution in [2.24, 2.45) is 0 Å². The average Bonchev–Trinajstić information content (AvgIpc) is 3.15. The predicted octanol–water partition coefficient (Wildman–Crippen LogP) is 4.58. The van der Waals surface area contributed by atoms with Crippen LogP contribution in [-0.2, 0) is 11.3 Å². The van der Waals surface area contributed by atoms with Gasteiger partial charge in [0.05, 0.1) is 11.8 Å². The van der Waals surface area contributed by atoms with Crippen LogP contribution in [0.1, 0.15) is 18.5 Å². The maximum atomic E-state index is 13.2. The second-order valence-electron chi connectivity index (χ2n) is 6.59. The molecule has 1 heterocycles. The van der Waals surface area contributed by atoms with Crippen LogP contribution in [0.2, 0.25) is 0 Å². The van der Waals surface area contributed by atoms with Crippen molar-refractivity contribution < 1.29 is 9.18 Å². The van der Waals surface area contributed by atoms with E-state index in [1.807, 2.05) is 41.8 Å². The van der Waals surface area contributed by atoms with Gasteiger partial charge in [-0.25, -0.2) is 4.39 Å². The molecule has 0 aliphatic heterocycles. The van der Waals surface area contributed by atoms with Crippen LogP contribution < -0.4 is 0 Å². The third kappa shape index (κ3) is 4.92. The van der Waals surface area contributed by atoms with Crippen LogP contribution in [0.3, 0.4) is 0 Å². The Hall–Kier alpha value is -2.93. The molecule has 1 aromatic heterocycles. The summed E-state index contributed by atoms with van der Waals surface area (Å²) in [6, 6.07) is 16.0. The molecule has 1 atom stereocenters. The smallest absolute Gasteiger partial charge is 0.233 e. The zero-order chi connectivity index (χ0) is 20.8. The van der Waals surface area contributed by atoms with Crippen molar-refractivity contribution >= 4 is 17.7 Å². The van der Waals surface area contributed by atoms with E-state index in [-0.39, 0.29) is 23.5 Å². The maximum Gasteiger partial charge on any atom is 0.233 e. The van der Waals surface area contributed by atoms with Gasteiger partial charge in [0.15, 0.2) is 11.0 Å². The molecule has 1 amide bonds. The average molecular weight is 411 g/mol. The molecule has 2 aromatic carbocycles. The number of hydrogen-bond donors (Lipinski definition) is 0. The van der Waals surface area contributed by atoms with Gasteiger partial charge in [-0.2, -0.15) is 0 Å². The van der Waals surface area contributed by atoms with Gasteiger partial charge >= 0.3 is 0 Å². The molecule has 0 fully saturated rings. The number of amides is 1. The number of benzene rings is 2. The van der Waals surface area contributed by atoms with Gasteiger partial charge < -0.3 is 4.90 Å². The first-order valence-electron chi connectivity index (χ1n) is 9.24. The van der Waals surface area contributed by atoms with Gasteiger partial charge in [-0.3, -0.25) is 9.36 Å². The van der Waals surface area contributed by atoms with Crippen LogP contribution in [0, 0.1) is 5.82 Å². The van der Waals surface area contributed by atoms with Crippen LogP contribution in [0.15, 0.2) is 72.4 Å². The zero-order valence-electron chi connectivity index (χ0n) is 16.5. The predicted molar refractivity (Wildman–Crippen MR) is 114 cm³/mol. The summed E-state index contributed by atoms with van der Waals surface area (Å²) in [5.41, 5.74) is 1.84. The number of nitrogens with zero attached hydrogens (tertiary/aromatic N) is 4. The van der Waals surface area contributed by atoms with Crippen molar-refractivity contribution in [3.05, 3.63) is 78.6 Å². The summed E-state index contributed by atoms with van der Waals surface area (Å²) in [4.78, 5) is 14.4. The fourth-order valence-corrected chi connectivity index (χ4v) is 3.77. The summed E-state index contributed by atoms with van der Waals surface area (Å²) in [6.07, 6.45) is 1.74. The molecule has 0 aliphatic carbocycles.